The van der Waals surface area contributed by atoms with E-state index in [1.54, 1.807) is 14.2 Å². The molecule has 0 bridgehead atoms. The summed E-state index contributed by atoms with van der Waals surface area (Å²) in [5, 5.41) is 1.25. The lowest BCUT2D eigenvalue weighted by Crippen LogP contribution is -2.27. The van der Waals surface area contributed by atoms with Crippen molar-refractivity contribution in [2.75, 3.05) is 14.2 Å². The van der Waals surface area contributed by atoms with Crippen LogP contribution in [-0.4, -0.2) is 23.5 Å². The van der Waals surface area contributed by atoms with Crippen LogP contribution in [0.1, 0.15) is 32.1 Å². The van der Waals surface area contributed by atoms with Crippen LogP contribution in [-0.2, 0) is 8.85 Å². The van der Waals surface area contributed by atoms with Gasteiger partial charge in [0.05, 0.1) is 0 Å². The normalized spacial score (nSPS) is 19.3. The highest BCUT2D eigenvalue weighted by molar-refractivity contribution is 6.53. The van der Waals surface area contributed by atoms with Crippen molar-refractivity contribution in [3.05, 3.63) is 11.8 Å². The molecule has 1 saturated carbocycles. The molecule has 0 radical (unpaired) electrons. The molecule has 0 aromatic heterocycles. The molecule has 0 aromatic rings. The maximum Gasteiger partial charge on any atom is 0.350 e. The second-order valence-corrected chi connectivity index (χ2v) is 6.06. The van der Waals surface area contributed by atoms with E-state index in [4.69, 9.17) is 8.85 Å². The van der Waals surface area contributed by atoms with Gasteiger partial charge in [-0.25, -0.2) is 0 Å². The zero-order valence-corrected chi connectivity index (χ0v) is 9.87. The van der Waals surface area contributed by atoms with E-state index in [-0.39, 0.29) is 0 Å². The first-order valence-corrected chi connectivity index (χ1v) is 6.56. The second-order valence-electron chi connectivity index (χ2n) is 3.71. The average Bonchev–Trinajstić information content (AvgIpc) is 2.21. The van der Waals surface area contributed by atoms with Crippen molar-refractivity contribution >= 4 is 9.28 Å². The van der Waals surface area contributed by atoms with Gasteiger partial charge in [0, 0.05) is 14.2 Å². The monoisotopic (exact) mass is 200 g/mol. The molecule has 3 heteroatoms. The predicted molar refractivity (Wildman–Crippen MR) is 56.9 cm³/mol. The van der Waals surface area contributed by atoms with Crippen LogP contribution in [0.2, 0.25) is 0 Å². The Balaban J connectivity index is 2.44. The average molecular weight is 200 g/mol. The molecule has 0 atom stereocenters. The predicted octanol–water partition coefficient (Wildman–Crippen LogP) is 2.18. The SMILES string of the molecule is C=C(C1CCCCC1)[SiH](OC)OC. The fourth-order valence-electron chi connectivity index (χ4n) is 2.06. The van der Waals surface area contributed by atoms with Crippen LogP contribution in [0.3, 0.4) is 0 Å². The van der Waals surface area contributed by atoms with E-state index in [9.17, 15) is 0 Å². The molecule has 0 amide bonds. The van der Waals surface area contributed by atoms with Crippen molar-refractivity contribution in [3.63, 3.8) is 0 Å². The van der Waals surface area contributed by atoms with Crippen molar-refractivity contribution in [2.45, 2.75) is 32.1 Å². The van der Waals surface area contributed by atoms with E-state index < -0.39 is 9.28 Å². The summed E-state index contributed by atoms with van der Waals surface area (Å²) < 4.78 is 10.7. The molecular weight excluding hydrogens is 180 g/mol. The van der Waals surface area contributed by atoms with Crippen molar-refractivity contribution < 1.29 is 8.85 Å². The van der Waals surface area contributed by atoms with Gasteiger partial charge in [-0.05, 0) is 24.0 Å². The molecule has 1 aliphatic rings. The molecule has 0 aliphatic heterocycles. The molecule has 1 aliphatic carbocycles. The summed E-state index contributed by atoms with van der Waals surface area (Å²) in [6.07, 6.45) is 6.65. The van der Waals surface area contributed by atoms with Gasteiger partial charge in [0.15, 0.2) is 0 Å². The Morgan fingerprint density at radius 1 is 1.15 bits per heavy atom. The Morgan fingerprint density at radius 3 is 2.15 bits per heavy atom. The van der Waals surface area contributed by atoms with E-state index in [1.165, 1.54) is 37.3 Å². The molecule has 1 fully saturated rings. The summed E-state index contributed by atoms with van der Waals surface area (Å²) in [5.74, 6) is 0.672. The maximum atomic E-state index is 5.33. The lowest BCUT2D eigenvalue weighted by atomic mass is 9.89. The lowest BCUT2D eigenvalue weighted by Gasteiger charge is -2.26. The fourth-order valence-corrected chi connectivity index (χ4v) is 3.58. The topological polar surface area (TPSA) is 18.5 Å². The van der Waals surface area contributed by atoms with E-state index in [2.05, 4.69) is 6.58 Å². The van der Waals surface area contributed by atoms with Crippen LogP contribution in [0.5, 0.6) is 0 Å². The third-order valence-corrected chi connectivity index (χ3v) is 4.79. The zero-order chi connectivity index (χ0) is 9.68. The Labute approximate surface area is 82.8 Å². The largest absolute Gasteiger partial charge is 0.397 e. The molecule has 2 nitrogen and oxygen atoms in total. The molecule has 0 spiro atoms. The molecular formula is C10H20O2Si. The number of rotatable bonds is 4. The minimum atomic E-state index is -1.55. The van der Waals surface area contributed by atoms with Gasteiger partial charge < -0.3 is 8.85 Å². The molecule has 0 N–H and O–H groups in total. The van der Waals surface area contributed by atoms with E-state index in [0.29, 0.717) is 5.92 Å². The summed E-state index contributed by atoms with van der Waals surface area (Å²) in [5.41, 5.74) is 0. The second kappa shape index (κ2) is 5.57. The van der Waals surface area contributed by atoms with Gasteiger partial charge >= 0.3 is 9.28 Å². The van der Waals surface area contributed by atoms with E-state index in [0.717, 1.165) is 0 Å². The summed E-state index contributed by atoms with van der Waals surface area (Å²) in [7, 11) is 1.91. The molecule has 0 saturated heterocycles. The number of allylic oxidation sites excluding steroid dienone is 1. The van der Waals surface area contributed by atoms with Crippen LogP contribution in [0.15, 0.2) is 11.8 Å². The van der Waals surface area contributed by atoms with Crippen molar-refractivity contribution in [2.24, 2.45) is 5.92 Å². The summed E-state index contributed by atoms with van der Waals surface area (Å²) in [6.45, 7) is 4.13. The highest BCUT2D eigenvalue weighted by Gasteiger charge is 2.24. The standard InChI is InChI=1S/C10H20O2Si/c1-9(13(11-2)12-3)10-7-5-4-6-8-10/h10,13H,1,4-8H2,2-3H3. The van der Waals surface area contributed by atoms with Gasteiger partial charge in [-0.2, -0.15) is 0 Å². The van der Waals surface area contributed by atoms with Crippen LogP contribution in [0, 0.1) is 5.92 Å². The first kappa shape index (κ1) is 11.0. The van der Waals surface area contributed by atoms with Gasteiger partial charge in [0.2, 0.25) is 0 Å². The first-order chi connectivity index (χ1) is 6.29. The van der Waals surface area contributed by atoms with Gasteiger partial charge in [-0.3, -0.25) is 0 Å². The van der Waals surface area contributed by atoms with Crippen LogP contribution < -0.4 is 0 Å². The third-order valence-electron chi connectivity index (χ3n) is 2.86. The highest BCUT2D eigenvalue weighted by atomic mass is 28.3. The van der Waals surface area contributed by atoms with Crippen LogP contribution >= 0.6 is 0 Å². The molecule has 13 heavy (non-hydrogen) atoms. The molecule has 1 rings (SSSR count). The third kappa shape index (κ3) is 2.93. The summed E-state index contributed by atoms with van der Waals surface area (Å²) in [6, 6.07) is 0. The van der Waals surface area contributed by atoms with E-state index >= 15 is 0 Å². The number of hydrogen-bond acceptors (Lipinski definition) is 2. The molecule has 0 unspecified atom stereocenters. The summed E-state index contributed by atoms with van der Waals surface area (Å²) >= 11 is 0. The van der Waals surface area contributed by atoms with Crippen molar-refractivity contribution in [3.8, 4) is 0 Å². The first-order valence-electron chi connectivity index (χ1n) is 5.04. The molecule has 76 valence electrons. The lowest BCUT2D eigenvalue weighted by molar-refractivity contribution is 0.277. The molecule has 0 aromatic carbocycles. The Kier molecular flexibility index (Phi) is 4.70. The van der Waals surface area contributed by atoms with Gasteiger partial charge in [0.1, 0.15) is 0 Å². The van der Waals surface area contributed by atoms with Crippen molar-refractivity contribution in [1.29, 1.82) is 0 Å². The number of hydrogen-bond donors (Lipinski definition) is 0. The van der Waals surface area contributed by atoms with Crippen molar-refractivity contribution in [1.82, 2.24) is 0 Å². The molecule has 0 heterocycles. The maximum absolute atomic E-state index is 5.33. The quantitative estimate of drug-likeness (QED) is 0.648. The Morgan fingerprint density at radius 2 is 1.69 bits per heavy atom. The smallest absolute Gasteiger partial charge is 0.350 e. The highest BCUT2D eigenvalue weighted by Crippen LogP contribution is 2.30. The van der Waals surface area contributed by atoms with Gasteiger partial charge in [-0.1, -0.05) is 25.8 Å². The zero-order valence-electron chi connectivity index (χ0n) is 8.71. The van der Waals surface area contributed by atoms with Crippen LogP contribution in [0.4, 0.5) is 0 Å². The Hall–Kier alpha value is -0.123. The van der Waals surface area contributed by atoms with Gasteiger partial charge in [0.25, 0.3) is 0 Å². The fraction of sp³-hybridized carbons (Fsp3) is 0.800. The summed E-state index contributed by atoms with van der Waals surface area (Å²) in [4.78, 5) is 0. The van der Waals surface area contributed by atoms with E-state index in [1.807, 2.05) is 0 Å². The van der Waals surface area contributed by atoms with Gasteiger partial charge in [-0.15, -0.1) is 0 Å². The van der Waals surface area contributed by atoms with Crippen LogP contribution in [0.25, 0.3) is 0 Å². The minimum absolute atomic E-state index is 0.672. The minimum Gasteiger partial charge on any atom is -0.397 e. The Bertz CT molecular complexity index is 160.